The van der Waals surface area contributed by atoms with Gasteiger partial charge in [-0.05, 0) is 53.1 Å². The summed E-state index contributed by atoms with van der Waals surface area (Å²) in [7, 11) is 1.43. The molecule has 1 unspecified atom stereocenters. The number of carbonyl (C=O) groups is 1. The summed E-state index contributed by atoms with van der Waals surface area (Å²) in [5.74, 6) is -1.19. The number of carbonyl (C=O) groups excluding carboxylic acids is 1. The van der Waals surface area contributed by atoms with Gasteiger partial charge in [0, 0.05) is 30.0 Å². The van der Waals surface area contributed by atoms with E-state index in [4.69, 9.17) is 17.3 Å². The van der Waals surface area contributed by atoms with Crippen LogP contribution in [0.1, 0.15) is 23.2 Å². The van der Waals surface area contributed by atoms with Crippen LogP contribution in [-0.4, -0.2) is 33.8 Å². The Morgan fingerprint density at radius 1 is 1.10 bits per heavy atom. The first-order valence-electron chi connectivity index (χ1n) is 9.02. The molecule has 1 aromatic carbocycles. The number of benzene rings is 1. The summed E-state index contributed by atoms with van der Waals surface area (Å²) in [5.41, 5.74) is 4.97. The fraction of sp³-hybridized carbons (Fsp3) is 0.143. The molecule has 3 aromatic rings. The maximum atomic E-state index is 13.7. The fourth-order valence-electron chi connectivity index (χ4n) is 3.51. The van der Waals surface area contributed by atoms with Gasteiger partial charge in [-0.1, -0.05) is 11.6 Å². The van der Waals surface area contributed by atoms with E-state index in [1.54, 1.807) is 12.1 Å². The molecule has 1 amide bonds. The normalized spacial score (nSPS) is 18.6. The zero-order valence-corrected chi connectivity index (χ0v) is 16.8. The molecule has 4 rings (SSSR count). The minimum absolute atomic E-state index is 0.0886. The fourth-order valence-corrected chi connectivity index (χ4v) is 3.75. The summed E-state index contributed by atoms with van der Waals surface area (Å²) in [5, 5.41) is 0.232. The van der Waals surface area contributed by atoms with Crippen LogP contribution in [0.5, 0.6) is 0 Å². The third-order valence-electron chi connectivity index (χ3n) is 5.02. The van der Waals surface area contributed by atoms with Gasteiger partial charge in [0.25, 0.3) is 12.3 Å². The third-order valence-corrected chi connectivity index (χ3v) is 5.23. The zero-order chi connectivity index (χ0) is 22.3. The molecule has 1 atom stereocenters. The van der Waals surface area contributed by atoms with Crippen molar-refractivity contribution >= 4 is 23.5 Å². The van der Waals surface area contributed by atoms with Gasteiger partial charge in [0.1, 0.15) is 11.5 Å². The summed E-state index contributed by atoms with van der Waals surface area (Å²) < 4.78 is 40.3. The Hall–Kier alpha value is -3.46. The van der Waals surface area contributed by atoms with Crippen LogP contribution in [0.3, 0.4) is 0 Å². The second kappa shape index (κ2) is 7.66. The highest BCUT2D eigenvalue weighted by Crippen LogP contribution is 2.42. The number of guanidine groups is 1. The summed E-state index contributed by atoms with van der Waals surface area (Å²) in [6.45, 7) is 0. The molecule has 6 nitrogen and oxygen atoms in total. The van der Waals surface area contributed by atoms with Crippen LogP contribution in [-0.2, 0) is 10.3 Å². The van der Waals surface area contributed by atoms with E-state index in [1.807, 2.05) is 0 Å². The predicted octanol–water partition coefficient (Wildman–Crippen LogP) is 3.90. The van der Waals surface area contributed by atoms with Crippen molar-refractivity contribution in [2.75, 3.05) is 7.05 Å². The lowest BCUT2D eigenvalue weighted by atomic mass is 9.82. The van der Waals surface area contributed by atoms with E-state index in [2.05, 4.69) is 15.0 Å². The molecule has 158 valence electrons. The summed E-state index contributed by atoms with van der Waals surface area (Å²) >= 11 is 6.32. The van der Waals surface area contributed by atoms with Crippen molar-refractivity contribution in [2.45, 2.75) is 12.0 Å². The molecule has 0 fully saturated rings. The second-order valence-corrected chi connectivity index (χ2v) is 7.37. The van der Waals surface area contributed by atoms with E-state index in [1.165, 1.54) is 37.6 Å². The number of halogens is 4. The van der Waals surface area contributed by atoms with Crippen molar-refractivity contribution < 1.29 is 18.0 Å². The molecule has 1 aliphatic rings. The molecule has 0 aliphatic carbocycles. The van der Waals surface area contributed by atoms with E-state index >= 15 is 0 Å². The summed E-state index contributed by atoms with van der Waals surface area (Å²) in [4.78, 5) is 26.3. The van der Waals surface area contributed by atoms with Crippen LogP contribution < -0.4 is 5.73 Å². The van der Waals surface area contributed by atoms with Crippen molar-refractivity contribution in [2.24, 2.45) is 10.7 Å². The Balaban J connectivity index is 1.99. The quantitative estimate of drug-likeness (QED) is 0.660. The first-order valence-corrected chi connectivity index (χ1v) is 9.40. The highest BCUT2D eigenvalue weighted by molar-refractivity contribution is 6.31. The Kier molecular flexibility index (Phi) is 5.14. The number of alkyl halides is 2. The number of nitrogens with zero attached hydrogens (tertiary/aromatic N) is 4. The van der Waals surface area contributed by atoms with Crippen molar-refractivity contribution in [3.8, 4) is 11.1 Å². The highest BCUT2D eigenvalue weighted by atomic mass is 35.5. The van der Waals surface area contributed by atoms with Gasteiger partial charge in [0.2, 0.25) is 0 Å². The highest BCUT2D eigenvalue weighted by Gasteiger charge is 2.50. The Bertz CT molecular complexity index is 1220. The molecule has 2 aromatic heterocycles. The first kappa shape index (κ1) is 20.8. The zero-order valence-electron chi connectivity index (χ0n) is 16.1. The average Bonchev–Trinajstić information content (AvgIpc) is 2.98. The molecule has 3 heterocycles. The molecular formula is C21H15ClF3N5O. The molecule has 1 aliphatic heterocycles. The molecule has 31 heavy (non-hydrogen) atoms. The molecular weight excluding hydrogens is 431 g/mol. The van der Waals surface area contributed by atoms with Gasteiger partial charge in [-0.3, -0.25) is 19.7 Å². The van der Waals surface area contributed by atoms with Crippen LogP contribution in [0.25, 0.3) is 11.1 Å². The number of amides is 1. The maximum absolute atomic E-state index is 13.7. The van der Waals surface area contributed by atoms with Crippen LogP contribution in [0.2, 0.25) is 5.02 Å². The summed E-state index contributed by atoms with van der Waals surface area (Å²) in [6, 6.07) is 8.44. The molecule has 0 spiro atoms. The average molecular weight is 446 g/mol. The predicted molar refractivity (Wildman–Crippen MR) is 109 cm³/mol. The van der Waals surface area contributed by atoms with Crippen LogP contribution >= 0.6 is 11.6 Å². The number of pyridine rings is 2. The molecule has 0 saturated heterocycles. The number of hydrogen-bond donors (Lipinski definition) is 1. The molecule has 0 radical (unpaired) electrons. The molecule has 10 heteroatoms. The first-order chi connectivity index (χ1) is 14.7. The van der Waals surface area contributed by atoms with Gasteiger partial charge in [0.15, 0.2) is 11.5 Å². The second-order valence-electron chi connectivity index (χ2n) is 6.94. The summed E-state index contributed by atoms with van der Waals surface area (Å²) in [6.07, 6.45) is 0.825. The van der Waals surface area contributed by atoms with Crippen LogP contribution in [0.4, 0.5) is 13.2 Å². The van der Waals surface area contributed by atoms with E-state index in [0.717, 1.165) is 17.2 Å². The Labute approximate surface area is 180 Å². The van der Waals surface area contributed by atoms with Crippen molar-refractivity contribution in [1.82, 2.24) is 14.9 Å². The topological polar surface area (TPSA) is 84.5 Å². The lowest BCUT2D eigenvalue weighted by molar-refractivity contribution is -0.129. The Morgan fingerprint density at radius 3 is 2.52 bits per heavy atom. The number of aliphatic imine (C=N–C) groups is 1. The monoisotopic (exact) mass is 445 g/mol. The van der Waals surface area contributed by atoms with Gasteiger partial charge < -0.3 is 5.73 Å². The minimum Gasteiger partial charge on any atom is -0.369 e. The van der Waals surface area contributed by atoms with Crippen molar-refractivity contribution in [1.29, 1.82) is 0 Å². The van der Waals surface area contributed by atoms with Crippen molar-refractivity contribution in [3.63, 3.8) is 0 Å². The minimum atomic E-state index is -2.85. The van der Waals surface area contributed by atoms with Gasteiger partial charge >= 0.3 is 0 Å². The van der Waals surface area contributed by atoms with E-state index in [-0.39, 0.29) is 22.1 Å². The van der Waals surface area contributed by atoms with E-state index in [9.17, 15) is 18.0 Å². The standard InChI is InChI=1S/C21H15ClF3N5O/c1-30-19(31)21(29-20(30)26,13-2-3-28-17(8-13)18(24)25)14-4-11(5-15(22)7-14)12-6-16(23)10-27-9-12/h2-10,18H,1H3,(H2,26,29). The SMILES string of the molecule is CN1C(=O)C(c2cc(Cl)cc(-c3cncc(F)c3)c2)(c2ccnc(C(F)F)c2)N=C1N. The van der Waals surface area contributed by atoms with Gasteiger partial charge in [-0.2, -0.15) is 0 Å². The van der Waals surface area contributed by atoms with Crippen LogP contribution in [0.15, 0.2) is 60.0 Å². The lowest BCUT2D eigenvalue weighted by Crippen LogP contribution is -2.41. The van der Waals surface area contributed by atoms with Gasteiger partial charge in [0.05, 0.1) is 6.20 Å². The smallest absolute Gasteiger partial charge is 0.280 e. The largest absolute Gasteiger partial charge is 0.369 e. The molecule has 0 bridgehead atoms. The van der Waals surface area contributed by atoms with Crippen molar-refractivity contribution in [3.05, 3.63) is 82.6 Å². The molecule has 0 saturated carbocycles. The van der Waals surface area contributed by atoms with Gasteiger partial charge in [-0.15, -0.1) is 0 Å². The van der Waals surface area contributed by atoms with E-state index in [0.29, 0.717) is 11.1 Å². The molecule has 2 N–H and O–H groups in total. The lowest BCUT2D eigenvalue weighted by Gasteiger charge is -2.27. The number of rotatable bonds is 4. The number of nitrogens with two attached hydrogens (primary N) is 1. The van der Waals surface area contributed by atoms with Crippen LogP contribution in [0, 0.1) is 5.82 Å². The number of hydrogen-bond acceptors (Lipinski definition) is 5. The van der Waals surface area contributed by atoms with Gasteiger partial charge in [-0.25, -0.2) is 18.2 Å². The Morgan fingerprint density at radius 2 is 1.87 bits per heavy atom. The maximum Gasteiger partial charge on any atom is 0.280 e. The number of aromatic nitrogens is 2. The van der Waals surface area contributed by atoms with E-state index < -0.39 is 29.4 Å². The number of likely N-dealkylation sites (N-methyl/N-ethyl adjacent to an activating group) is 1. The third kappa shape index (κ3) is 3.50.